The lowest BCUT2D eigenvalue weighted by atomic mass is 9.69. The summed E-state index contributed by atoms with van der Waals surface area (Å²) in [5, 5.41) is 0. The SMILES string of the molecule is COCc1ncc2c(n1)n(C)c(=O)n2[C@H](C)N1CC(C2(C)C=CC=CC2)C1. The number of hydrogen-bond donors (Lipinski definition) is 0. The molecule has 0 saturated carbocycles. The summed E-state index contributed by atoms with van der Waals surface area (Å²) in [6.45, 7) is 6.72. The second kappa shape index (κ2) is 6.73. The fraction of sp³-hybridized carbons (Fsp3) is 0.550. The van der Waals surface area contributed by atoms with Crippen LogP contribution in [-0.2, 0) is 18.4 Å². The maximum atomic E-state index is 12.9. The number of methoxy groups -OCH3 is 1. The van der Waals surface area contributed by atoms with Gasteiger partial charge in [0.2, 0.25) is 0 Å². The van der Waals surface area contributed by atoms with Crippen LogP contribution in [0.3, 0.4) is 0 Å². The van der Waals surface area contributed by atoms with Crippen molar-refractivity contribution in [1.29, 1.82) is 0 Å². The summed E-state index contributed by atoms with van der Waals surface area (Å²) < 4.78 is 8.51. The van der Waals surface area contributed by atoms with E-state index in [0.717, 1.165) is 25.0 Å². The standard InChI is InChI=1S/C20H27N5O2/c1-14(24-11-15(12-24)20(2)8-6-5-7-9-20)25-16-10-21-17(13-27-4)22-18(16)23(3)19(25)26/h5-8,10,14-15H,9,11-13H2,1-4H3/t14-,20?/m1/s1. The normalized spacial score (nSPS) is 24.4. The zero-order valence-electron chi connectivity index (χ0n) is 16.4. The molecule has 2 aromatic rings. The number of imidazole rings is 1. The number of aryl methyl sites for hydroxylation is 1. The highest BCUT2D eigenvalue weighted by Gasteiger charge is 2.42. The van der Waals surface area contributed by atoms with Gasteiger partial charge in [0.1, 0.15) is 12.1 Å². The number of rotatable bonds is 5. The minimum atomic E-state index is -0.0588. The first-order valence-corrected chi connectivity index (χ1v) is 9.45. The second-order valence-electron chi connectivity index (χ2n) is 7.92. The van der Waals surface area contributed by atoms with Crippen LogP contribution in [0, 0.1) is 11.3 Å². The van der Waals surface area contributed by atoms with Crippen molar-refractivity contribution in [2.75, 3.05) is 20.2 Å². The molecule has 1 aliphatic heterocycles. The molecule has 0 spiro atoms. The van der Waals surface area contributed by atoms with Gasteiger partial charge in [0, 0.05) is 27.2 Å². The van der Waals surface area contributed by atoms with Crippen molar-refractivity contribution in [3.63, 3.8) is 0 Å². The Morgan fingerprint density at radius 2 is 2.15 bits per heavy atom. The topological polar surface area (TPSA) is 65.2 Å². The molecule has 1 fully saturated rings. The van der Waals surface area contributed by atoms with Crippen LogP contribution in [0.15, 0.2) is 35.3 Å². The maximum Gasteiger partial charge on any atom is 0.331 e. The van der Waals surface area contributed by atoms with E-state index in [-0.39, 0.29) is 17.3 Å². The van der Waals surface area contributed by atoms with E-state index in [2.05, 4.69) is 53.0 Å². The summed E-state index contributed by atoms with van der Waals surface area (Å²) in [4.78, 5) is 24.1. The molecule has 144 valence electrons. The highest BCUT2D eigenvalue weighted by atomic mass is 16.5. The fourth-order valence-electron chi connectivity index (χ4n) is 4.18. The highest BCUT2D eigenvalue weighted by Crippen LogP contribution is 2.42. The number of ether oxygens (including phenoxy) is 1. The van der Waals surface area contributed by atoms with Crippen LogP contribution < -0.4 is 5.69 Å². The minimum absolute atomic E-state index is 0.0268. The molecule has 1 unspecified atom stereocenters. The van der Waals surface area contributed by atoms with Crippen molar-refractivity contribution >= 4 is 11.2 Å². The fourth-order valence-corrected chi connectivity index (χ4v) is 4.18. The van der Waals surface area contributed by atoms with Gasteiger partial charge in [0.25, 0.3) is 0 Å². The number of nitrogens with zero attached hydrogens (tertiary/aromatic N) is 5. The Balaban J connectivity index is 1.58. The molecule has 7 nitrogen and oxygen atoms in total. The molecule has 0 aromatic carbocycles. The number of hydrogen-bond acceptors (Lipinski definition) is 5. The number of allylic oxidation sites excluding steroid dienone is 4. The van der Waals surface area contributed by atoms with E-state index in [1.54, 1.807) is 29.5 Å². The number of aromatic nitrogens is 4. The molecule has 3 heterocycles. The Labute approximate surface area is 159 Å². The van der Waals surface area contributed by atoms with E-state index in [0.29, 0.717) is 24.0 Å². The molecule has 7 heteroatoms. The quantitative estimate of drug-likeness (QED) is 0.809. The molecule has 27 heavy (non-hydrogen) atoms. The summed E-state index contributed by atoms with van der Waals surface area (Å²) in [7, 11) is 3.37. The van der Waals surface area contributed by atoms with Gasteiger partial charge in [0.05, 0.1) is 12.4 Å². The lowest BCUT2D eigenvalue weighted by Gasteiger charge is -2.50. The van der Waals surface area contributed by atoms with Crippen molar-refractivity contribution in [1.82, 2.24) is 24.0 Å². The van der Waals surface area contributed by atoms with E-state index in [9.17, 15) is 4.79 Å². The first-order chi connectivity index (χ1) is 12.9. The Hall–Kier alpha value is -2.25. The third kappa shape index (κ3) is 2.95. The summed E-state index contributed by atoms with van der Waals surface area (Å²) in [6.07, 6.45) is 11.6. The van der Waals surface area contributed by atoms with Gasteiger partial charge in [-0.3, -0.25) is 14.0 Å². The van der Waals surface area contributed by atoms with E-state index >= 15 is 0 Å². The van der Waals surface area contributed by atoms with Gasteiger partial charge in [-0.2, -0.15) is 0 Å². The van der Waals surface area contributed by atoms with E-state index in [1.165, 1.54) is 0 Å². The van der Waals surface area contributed by atoms with Crippen molar-refractivity contribution in [2.45, 2.75) is 33.0 Å². The van der Waals surface area contributed by atoms with Gasteiger partial charge in [-0.25, -0.2) is 14.8 Å². The zero-order chi connectivity index (χ0) is 19.2. The van der Waals surface area contributed by atoms with E-state index in [1.807, 2.05) is 0 Å². The first kappa shape index (κ1) is 18.1. The summed E-state index contributed by atoms with van der Waals surface area (Å²) in [5.74, 6) is 1.19. The van der Waals surface area contributed by atoms with Crippen LogP contribution in [0.1, 0.15) is 32.3 Å². The third-order valence-electron chi connectivity index (χ3n) is 6.17. The Morgan fingerprint density at radius 1 is 1.37 bits per heavy atom. The van der Waals surface area contributed by atoms with Crippen LogP contribution in [-0.4, -0.2) is 44.2 Å². The van der Waals surface area contributed by atoms with Crippen molar-refractivity contribution in [3.05, 3.63) is 46.8 Å². The molecule has 0 N–H and O–H groups in total. The molecule has 2 aromatic heterocycles. The van der Waals surface area contributed by atoms with Crippen LogP contribution in [0.2, 0.25) is 0 Å². The summed E-state index contributed by atoms with van der Waals surface area (Å²) >= 11 is 0. The molecule has 0 radical (unpaired) electrons. The Kier molecular flexibility index (Phi) is 4.52. The van der Waals surface area contributed by atoms with E-state index in [4.69, 9.17) is 4.74 Å². The summed E-state index contributed by atoms with van der Waals surface area (Å²) in [5.41, 5.74) is 1.58. The minimum Gasteiger partial charge on any atom is -0.377 e. The van der Waals surface area contributed by atoms with Crippen LogP contribution in [0.4, 0.5) is 0 Å². The molecule has 2 atom stereocenters. The van der Waals surface area contributed by atoms with Crippen LogP contribution >= 0.6 is 0 Å². The Bertz CT molecular complexity index is 967. The molecule has 1 aliphatic carbocycles. The van der Waals surface area contributed by atoms with Gasteiger partial charge < -0.3 is 4.74 Å². The molecule has 4 rings (SSSR count). The first-order valence-electron chi connectivity index (χ1n) is 9.45. The smallest absolute Gasteiger partial charge is 0.331 e. The molecule has 0 bridgehead atoms. The number of likely N-dealkylation sites (tertiary alicyclic amines) is 1. The predicted octanol–water partition coefficient (Wildman–Crippen LogP) is 2.25. The lowest BCUT2D eigenvalue weighted by Crippen LogP contribution is -2.55. The molecular weight excluding hydrogens is 342 g/mol. The average Bonchev–Trinajstić information content (AvgIpc) is 2.85. The monoisotopic (exact) mass is 369 g/mol. The third-order valence-corrected chi connectivity index (χ3v) is 6.17. The molecular formula is C20H27N5O2. The van der Waals surface area contributed by atoms with Crippen LogP contribution in [0.25, 0.3) is 11.2 Å². The number of fused-ring (bicyclic) bond motifs is 1. The van der Waals surface area contributed by atoms with Crippen molar-refractivity contribution < 1.29 is 4.74 Å². The Morgan fingerprint density at radius 3 is 2.81 bits per heavy atom. The maximum absolute atomic E-state index is 12.9. The van der Waals surface area contributed by atoms with E-state index < -0.39 is 0 Å². The summed E-state index contributed by atoms with van der Waals surface area (Å²) in [6, 6.07) is 0. The predicted molar refractivity (Wildman–Crippen MR) is 104 cm³/mol. The van der Waals surface area contributed by atoms with Crippen molar-refractivity contribution in [2.24, 2.45) is 18.4 Å². The van der Waals surface area contributed by atoms with Gasteiger partial charge in [-0.05, 0) is 24.7 Å². The molecule has 1 saturated heterocycles. The van der Waals surface area contributed by atoms with Gasteiger partial charge >= 0.3 is 5.69 Å². The van der Waals surface area contributed by atoms with Crippen LogP contribution in [0.5, 0.6) is 0 Å². The lowest BCUT2D eigenvalue weighted by molar-refractivity contribution is -0.0201. The second-order valence-corrected chi connectivity index (χ2v) is 7.92. The zero-order valence-corrected chi connectivity index (χ0v) is 16.4. The average molecular weight is 369 g/mol. The van der Waals surface area contributed by atoms with Gasteiger partial charge in [0.15, 0.2) is 11.5 Å². The van der Waals surface area contributed by atoms with Crippen molar-refractivity contribution in [3.8, 4) is 0 Å². The molecule has 0 amide bonds. The van der Waals surface area contributed by atoms with Gasteiger partial charge in [-0.1, -0.05) is 31.2 Å². The van der Waals surface area contributed by atoms with Gasteiger partial charge in [-0.15, -0.1) is 0 Å². The largest absolute Gasteiger partial charge is 0.377 e. The highest BCUT2D eigenvalue weighted by molar-refractivity contribution is 5.70. The molecule has 2 aliphatic rings.